The first-order valence-electron chi connectivity index (χ1n) is 6.06. The molecule has 1 fully saturated rings. The predicted molar refractivity (Wildman–Crippen MR) is 85.2 cm³/mol. The highest BCUT2D eigenvalue weighted by atomic mass is 79.9. The lowest BCUT2D eigenvalue weighted by molar-refractivity contribution is 0.341. The van der Waals surface area contributed by atoms with Gasteiger partial charge in [0.1, 0.15) is 4.90 Å². The van der Waals surface area contributed by atoms with Crippen molar-refractivity contribution >= 4 is 53.2 Å². The van der Waals surface area contributed by atoms with Crippen LogP contribution in [0.2, 0.25) is 0 Å². The summed E-state index contributed by atoms with van der Waals surface area (Å²) in [4.78, 5) is 0.351. The van der Waals surface area contributed by atoms with E-state index in [1.807, 2.05) is 0 Å². The minimum Gasteiger partial charge on any atom is -0.317 e. The van der Waals surface area contributed by atoms with E-state index in [-0.39, 0.29) is 6.04 Å². The molecule has 1 atom stereocenters. The summed E-state index contributed by atoms with van der Waals surface area (Å²) in [6.45, 7) is 1.84. The maximum absolute atomic E-state index is 12.6. The topological polar surface area (TPSA) is 49.4 Å². The Morgan fingerprint density at radius 3 is 2.74 bits per heavy atom. The molecule has 0 amide bonds. The van der Waals surface area contributed by atoms with Crippen molar-refractivity contribution in [2.75, 3.05) is 20.1 Å². The van der Waals surface area contributed by atoms with Crippen LogP contribution in [-0.2, 0) is 10.0 Å². The zero-order valence-electron chi connectivity index (χ0n) is 10.5. The number of nitrogens with one attached hydrogen (secondary N) is 1. The van der Waals surface area contributed by atoms with Gasteiger partial charge in [-0.05, 0) is 70.3 Å². The minimum absolute atomic E-state index is 0.0746. The van der Waals surface area contributed by atoms with E-state index in [2.05, 4.69) is 37.2 Å². The van der Waals surface area contributed by atoms with Crippen LogP contribution in [0.25, 0.3) is 0 Å². The van der Waals surface area contributed by atoms with E-state index in [1.165, 1.54) is 15.6 Å². The maximum Gasteiger partial charge on any atom is 0.245 e. The number of rotatable bonds is 3. The summed E-state index contributed by atoms with van der Waals surface area (Å²) in [5.41, 5.74) is 0. The monoisotopic (exact) mass is 430 g/mol. The van der Waals surface area contributed by atoms with Crippen molar-refractivity contribution in [1.82, 2.24) is 9.62 Å². The quantitative estimate of drug-likeness (QED) is 0.799. The molecule has 1 aromatic rings. The molecule has 4 nitrogen and oxygen atoms in total. The Morgan fingerprint density at radius 2 is 2.11 bits per heavy atom. The molecule has 1 N–H and O–H groups in total. The fourth-order valence-electron chi connectivity index (χ4n) is 2.22. The molecule has 0 spiro atoms. The normalized spacial score (nSPS) is 21.6. The van der Waals surface area contributed by atoms with Crippen molar-refractivity contribution in [1.29, 1.82) is 0 Å². The van der Waals surface area contributed by atoms with Gasteiger partial charge >= 0.3 is 0 Å². The largest absolute Gasteiger partial charge is 0.317 e. The smallest absolute Gasteiger partial charge is 0.245 e. The van der Waals surface area contributed by atoms with Gasteiger partial charge in [-0.3, -0.25) is 0 Å². The summed E-state index contributed by atoms with van der Waals surface area (Å²) in [5, 5.41) is 3.30. The molecular weight excluding hydrogens is 416 g/mol. The maximum atomic E-state index is 12.6. The van der Waals surface area contributed by atoms with Gasteiger partial charge < -0.3 is 5.32 Å². The summed E-state index contributed by atoms with van der Waals surface area (Å²) >= 11 is 8.04. The molecule has 0 aromatic carbocycles. The van der Waals surface area contributed by atoms with Crippen LogP contribution in [0.15, 0.2) is 18.5 Å². The molecule has 1 aliphatic rings. The second kappa shape index (κ2) is 6.53. The highest BCUT2D eigenvalue weighted by Gasteiger charge is 2.31. The van der Waals surface area contributed by atoms with Crippen molar-refractivity contribution in [3.8, 4) is 0 Å². The van der Waals surface area contributed by atoms with Gasteiger partial charge in [0.2, 0.25) is 10.0 Å². The second-order valence-corrected chi connectivity index (χ2v) is 10.3. The van der Waals surface area contributed by atoms with E-state index >= 15 is 0 Å². The molecule has 1 unspecified atom stereocenters. The fourth-order valence-corrected chi connectivity index (χ4v) is 7.39. The number of hydrogen-bond acceptors (Lipinski definition) is 4. The molecule has 19 heavy (non-hydrogen) atoms. The lowest BCUT2D eigenvalue weighted by Gasteiger charge is -2.26. The Labute approximate surface area is 134 Å². The number of sulfonamides is 1. The third-order valence-corrected chi connectivity index (χ3v) is 8.01. The first-order valence-corrected chi connectivity index (χ1v) is 9.91. The van der Waals surface area contributed by atoms with Gasteiger partial charge in [-0.25, -0.2) is 8.42 Å². The summed E-state index contributed by atoms with van der Waals surface area (Å²) in [7, 11) is -1.74. The van der Waals surface area contributed by atoms with Gasteiger partial charge in [-0.1, -0.05) is 0 Å². The van der Waals surface area contributed by atoms with Crippen LogP contribution >= 0.6 is 43.2 Å². The molecule has 2 heterocycles. The van der Waals surface area contributed by atoms with Gasteiger partial charge in [0.05, 0.1) is 7.57 Å². The number of halogens is 2. The van der Waals surface area contributed by atoms with Crippen molar-refractivity contribution in [2.45, 2.75) is 30.2 Å². The van der Waals surface area contributed by atoms with Gasteiger partial charge in [0.25, 0.3) is 0 Å². The molecule has 0 radical (unpaired) electrons. The van der Waals surface area contributed by atoms with Crippen LogP contribution < -0.4 is 5.32 Å². The summed E-state index contributed by atoms with van der Waals surface area (Å²) < 4.78 is 28.3. The van der Waals surface area contributed by atoms with Crippen molar-refractivity contribution in [3.05, 3.63) is 13.6 Å². The lowest BCUT2D eigenvalue weighted by atomic mass is 10.1. The third-order valence-electron chi connectivity index (χ3n) is 3.34. The molecule has 0 aliphatic carbocycles. The predicted octanol–water partition coefficient (Wildman–Crippen LogP) is 3.04. The zero-order chi connectivity index (χ0) is 14.0. The molecular formula is C11H16Br2N2O2S2. The standard InChI is InChI=1S/C11H16Br2N2O2S2/c1-15(8-3-2-5-14-6-4-8)19(16,17)9-7-10(12)18-11(9)13/h7-8,14H,2-6H2,1H3. The number of thiophene rings is 1. The average molecular weight is 432 g/mol. The molecule has 0 bridgehead atoms. The van der Waals surface area contributed by atoms with E-state index in [4.69, 9.17) is 0 Å². The van der Waals surface area contributed by atoms with Crippen LogP contribution in [0, 0.1) is 0 Å². The highest BCUT2D eigenvalue weighted by molar-refractivity contribution is 9.12. The molecule has 1 aromatic heterocycles. The molecule has 1 saturated heterocycles. The average Bonchev–Trinajstić information content (AvgIpc) is 2.58. The first-order chi connectivity index (χ1) is 8.93. The Balaban J connectivity index is 2.25. The first kappa shape index (κ1) is 15.9. The van der Waals surface area contributed by atoms with Crippen molar-refractivity contribution < 1.29 is 8.42 Å². The van der Waals surface area contributed by atoms with Crippen molar-refractivity contribution in [2.24, 2.45) is 0 Å². The van der Waals surface area contributed by atoms with Crippen LogP contribution in [-0.4, -0.2) is 38.9 Å². The van der Waals surface area contributed by atoms with Gasteiger partial charge in [0, 0.05) is 13.1 Å². The number of hydrogen-bond donors (Lipinski definition) is 1. The van der Waals surface area contributed by atoms with Crippen LogP contribution in [0.5, 0.6) is 0 Å². The molecule has 108 valence electrons. The van der Waals surface area contributed by atoms with E-state index < -0.39 is 10.0 Å². The Morgan fingerprint density at radius 1 is 1.37 bits per heavy atom. The molecule has 0 saturated carbocycles. The molecule has 2 rings (SSSR count). The Hall–Kier alpha value is 0.530. The van der Waals surface area contributed by atoms with E-state index in [1.54, 1.807) is 13.1 Å². The Kier molecular flexibility index (Phi) is 5.47. The minimum atomic E-state index is -3.43. The summed E-state index contributed by atoms with van der Waals surface area (Å²) in [5.74, 6) is 0. The highest BCUT2D eigenvalue weighted by Crippen LogP contribution is 2.36. The molecule has 8 heteroatoms. The summed E-state index contributed by atoms with van der Waals surface area (Å²) in [6.07, 6.45) is 2.78. The molecule has 1 aliphatic heterocycles. The van der Waals surface area contributed by atoms with Crippen molar-refractivity contribution in [3.63, 3.8) is 0 Å². The van der Waals surface area contributed by atoms with Gasteiger partial charge in [0.15, 0.2) is 0 Å². The number of nitrogens with zero attached hydrogens (tertiary/aromatic N) is 1. The lowest BCUT2D eigenvalue weighted by Crippen LogP contribution is -2.37. The van der Waals surface area contributed by atoms with Crippen LogP contribution in [0.3, 0.4) is 0 Å². The SMILES string of the molecule is CN(C1CCCNCC1)S(=O)(=O)c1cc(Br)sc1Br. The van der Waals surface area contributed by atoms with Gasteiger partial charge in [-0.15, -0.1) is 11.3 Å². The second-order valence-electron chi connectivity index (χ2n) is 4.54. The van der Waals surface area contributed by atoms with E-state index in [0.29, 0.717) is 8.68 Å². The van der Waals surface area contributed by atoms with E-state index in [9.17, 15) is 8.42 Å². The zero-order valence-corrected chi connectivity index (χ0v) is 15.3. The third kappa shape index (κ3) is 3.59. The van der Waals surface area contributed by atoms with Crippen LogP contribution in [0.4, 0.5) is 0 Å². The summed E-state index contributed by atoms with van der Waals surface area (Å²) in [6, 6.07) is 1.74. The van der Waals surface area contributed by atoms with Crippen LogP contribution in [0.1, 0.15) is 19.3 Å². The Bertz CT molecular complexity index is 537. The van der Waals surface area contributed by atoms with E-state index in [0.717, 1.165) is 36.1 Å². The van der Waals surface area contributed by atoms with Gasteiger partial charge in [-0.2, -0.15) is 4.31 Å². The fraction of sp³-hybridized carbons (Fsp3) is 0.636.